The van der Waals surface area contributed by atoms with Crippen LogP contribution in [0.15, 0.2) is 24.3 Å². The van der Waals surface area contributed by atoms with E-state index in [4.69, 9.17) is 11.6 Å². The molecule has 0 aliphatic heterocycles. The maximum absolute atomic E-state index is 12.4. The lowest BCUT2D eigenvalue weighted by molar-refractivity contribution is -0.135. The second kappa shape index (κ2) is 6.24. The fourth-order valence-electron chi connectivity index (χ4n) is 2.61. The van der Waals surface area contributed by atoms with E-state index in [1.165, 1.54) is 12.8 Å². The fraction of sp³-hybridized carbons (Fsp3) is 0.533. The number of benzene rings is 1. The first-order chi connectivity index (χ1) is 8.72. The molecule has 0 aromatic heterocycles. The lowest BCUT2D eigenvalue weighted by atomic mass is 10.1. The highest BCUT2D eigenvalue weighted by atomic mass is 35.5. The van der Waals surface area contributed by atoms with Crippen LogP contribution in [0.25, 0.3) is 0 Å². The van der Waals surface area contributed by atoms with Crippen molar-refractivity contribution in [1.82, 2.24) is 4.90 Å². The molecular weight excluding hydrogens is 246 g/mol. The molecule has 1 aromatic carbocycles. The Bertz CT molecular complexity index is 413. The second-order valence-electron chi connectivity index (χ2n) is 4.93. The first-order valence-electron chi connectivity index (χ1n) is 6.74. The summed E-state index contributed by atoms with van der Waals surface area (Å²) < 4.78 is 0. The summed E-state index contributed by atoms with van der Waals surface area (Å²) >= 11 is 6.15. The highest BCUT2D eigenvalue weighted by Crippen LogP contribution is 2.27. The summed E-state index contributed by atoms with van der Waals surface area (Å²) in [6.45, 7) is 3.41. The van der Waals surface area contributed by atoms with Crippen molar-refractivity contribution in [2.45, 2.75) is 39.2 Å². The minimum atomic E-state index is 0.243. The van der Waals surface area contributed by atoms with Gasteiger partial charge in [0.25, 0.3) is 0 Å². The quantitative estimate of drug-likeness (QED) is 0.809. The van der Waals surface area contributed by atoms with Crippen LogP contribution in [0.4, 0.5) is 0 Å². The van der Waals surface area contributed by atoms with Gasteiger partial charge in [-0.25, -0.2) is 0 Å². The number of halogens is 1. The summed E-state index contributed by atoms with van der Waals surface area (Å²) in [5.41, 5.74) is 1.03. The van der Waals surface area contributed by atoms with Gasteiger partial charge in [0, 0.05) is 24.0 Å². The van der Waals surface area contributed by atoms with E-state index in [9.17, 15) is 4.79 Å². The molecule has 1 aliphatic rings. The molecule has 1 aliphatic carbocycles. The van der Waals surface area contributed by atoms with Crippen molar-refractivity contribution in [3.8, 4) is 0 Å². The highest BCUT2D eigenvalue weighted by molar-refractivity contribution is 6.31. The molecule has 0 N–H and O–H groups in total. The van der Waals surface area contributed by atoms with Crippen molar-refractivity contribution in [2.24, 2.45) is 5.92 Å². The predicted molar refractivity (Wildman–Crippen MR) is 74.5 cm³/mol. The molecule has 2 rings (SSSR count). The molecule has 1 saturated carbocycles. The Hall–Kier alpha value is -1.02. The molecular formula is C15H20ClNO. The molecule has 0 radical (unpaired) electrons. The van der Waals surface area contributed by atoms with Gasteiger partial charge in [0.1, 0.15) is 0 Å². The third-order valence-electron chi connectivity index (χ3n) is 3.72. The van der Waals surface area contributed by atoms with Gasteiger partial charge in [-0.2, -0.15) is 0 Å². The number of carbonyl (C=O) groups is 1. The van der Waals surface area contributed by atoms with Crippen LogP contribution in [-0.2, 0) is 11.3 Å². The van der Waals surface area contributed by atoms with Crippen LogP contribution in [0.5, 0.6) is 0 Å². The van der Waals surface area contributed by atoms with E-state index in [1.807, 2.05) is 36.1 Å². The van der Waals surface area contributed by atoms with Crippen LogP contribution in [0.1, 0.15) is 38.2 Å². The number of carbonyl (C=O) groups excluding carboxylic acids is 1. The average Bonchev–Trinajstić information content (AvgIpc) is 2.91. The van der Waals surface area contributed by atoms with Crippen molar-refractivity contribution in [1.29, 1.82) is 0 Å². The summed E-state index contributed by atoms with van der Waals surface area (Å²) in [5, 5.41) is 0.746. The molecule has 1 amide bonds. The molecule has 0 bridgehead atoms. The molecule has 0 heterocycles. The van der Waals surface area contributed by atoms with Crippen molar-refractivity contribution in [3.05, 3.63) is 34.9 Å². The van der Waals surface area contributed by atoms with Gasteiger partial charge >= 0.3 is 0 Å². The molecule has 0 atom stereocenters. The van der Waals surface area contributed by atoms with Crippen molar-refractivity contribution < 1.29 is 4.79 Å². The summed E-state index contributed by atoms with van der Waals surface area (Å²) in [7, 11) is 0. The topological polar surface area (TPSA) is 20.3 Å². The van der Waals surface area contributed by atoms with Crippen LogP contribution in [0.2, 0.25) is 5.02 Å². The lowest BCUT2D eigenvalue weighted by Gasteiger charge is -2.24. The van der Waals surface area contributed by atoms with E-state index < -0.39 is 0 Å². The minimum Gasteiger partial charge on any atom is -0.338 e. The van der Waals surface area contributed by atoms with E-state index in [2.05, 4.69) is 0 Å². The van der Waals surface area contributed by atoms with Gasteiger partial charge in [0.15, 0.2) is 0 Å². The van der Waals surface area contributed by atoms with Crippen molar-refractivity contribution >= 4 is 17.5 Å². The van der Waals surface area contributed by atoms with E-state index >= 15 is 0 Å². The molecule has 18 heavy (non-hydrogen) atoms. The van der Waals surface area contributed by atoms with Gasteiger partial charge in [0.2, 0.25) is 5.91 Å². The second-order valence-corrected chi connectivity index (χ2v) is 5.33. The number of amides is 1. The van der Waals surface area contributed by atoms with Crippen LogP contribution in [0.3, 0.4) is 0 Å². The molecule has 1 aromatic rings. The molecule has 2 nitrogen and oxygen atoms in total. The molecule has 0 unspecified atom stereocenters. The largest absolute Gasteiger partial charge is 0.338 e. The fourth-order valence-corrected chi connectivity index (χ4v) is 2.80. The first kappa shape index (κ1) is 13.4. The molecule has 0 saturated heterocycles. The highest BCUT2D eigenvalue weighted by Gasteiger charge is 2.26. The predicted octanol–water partition coefficient (Wildman–Crippen LogP) is 3.88. The van der Waals surface area contributed by atoms with Crippen LogP contribution >= 0.6 is 11.6 Å². The average molecular weight is 266 g/mol. The summed E-state index contributed by atoms with van der Waals surface area (Å²) in [6, 6.07) is 7.76. The van der Waals surface area contributed by atoms with Gasteiger partial charge < -0.3 is 4.90 Å². The van der Waals surface area contributed by atoms with Gasteiger partial charge in [-0.15, -0.1) is 0 Å². The van der Waals surface area contributed by atoms with E-state index in [0.717, 1.165) is 30.0 Å². The number of hydrogen-bond donors (Lipinski definition) is 0. The molecule has 3 heteroatoms. The van der Waals surface area contributed by atoms with Crippen LogP contribution in [-0.4, -0.2) is 17.4 Å². The smallest absolute Gasteiger partial charge is 0.225 e. The van der Waals surface area contributed by atoms with Gasteiger partial charge in [-0.1, -0.05) is 42.6 Å². The maximum Gasteiger partial charge on any atom is 0.225 e. The zero-order valence-corrected chi connectivity index (χ0v) is 11.6. The summed E-state index contributed by atoms with van der Waals surface area (Å²) in [6.07, 6.45) is 4.50. The third-order valence-corrected chi connectivity index (χ3v) is 4.09. The lowest BCUT2D eigenvalue weighted by Crippen LogP contribution is -2.34. The third kappa shape index (κ3) is 3.05. The molecule has 98 valence electrons. The minimum absolute atomic E-state index is 0.243. The Labute approximate surface area is 114 Å². The van der Waals surface area contributed by atoms with Crippen molar-refractivity contribution in [2.75, 3.05) is 6.54 Å². The molecule has 0 spiro atoms. The Morgan fingerprint density at radius 2 is 2.00 bits per heavy atom. The Kier molecular flexibility index (Phi) is 4.65. The van der Waals surface area contributed by atoms with Crippen molar-refractivity contribution in [3.63, 3.8) is 0 Å². The van der Waals surface area contributed by atoms with Crippen LogP contribution in [0, 0.1) is 5.92 Å². The van der Waals surface area contributed by atoms with Gasteiger partial charge in [-0.3, -0.25) is 4.79 Å². The Morgan fingerprint density at radius 1 is 1.33 bits per heavy atom. The zero-order chi connectivity index (χ0) is 13.0. The van der Waals surface area contributed by atoms with E-state index in [-0.39, 0.29) is 5.92 Å². The zero-order valence-electron chi connectivity index (χ0n) is 10.9. The van der Waals surface area contributed by atoms with Gasteiger partial charge in [0.05, 0.1) is 0 Å². The summed E-state index contributed by atoms with van der Waals surface area (Å²) in [5.74, 6) is 0.544. The Balaban J connectivity index is 2.05. The van der Waals surface area contributed by atoms with E-state index in [1.54, 1.807) is 0 Å². The standard InChI is InChI=1S/C15H20ClNO/c1-2-17(15(18)12-7-3-4-8-12)11-13-9-5-6-10-14(13)16/h5-6,9-10,12H,2-4,7-8,11H2,1H3. The molecule has 1 fully saturated rings. The Morgan fingerprint density at radius 3 is 2.61 bits per heavy atom. The number of nitrogens with zero attached hydrogens (tertiary/aromatic N) is 1. The maximum atomic E-state index is 12.4. The summed E-state index contributed by atoms with van der Waals surface area (Å²) in [4.78, 5) is 14.3. The SMILES string of the molecule is CCN(Cc1ccccc1Cl)C(=O)C1CCCC1. The number of rotatable bonds is 4. The first-order valence-corrected chi connectivity index (χ1v) is 7.12. The van der Waals surface area contributed by atoms with E-state index in [0.29, 0.717) is 12.5 Å². The number of hydrogen-bond acceptors (Lipinski definition) is 1. The monoisotopic (exact) mass is 265 g/mol. The normalized spacial score (nSPS) is 15.9. The van der Waals surface area contributed by atoms with Crippen LogP contribution < -0.4 is 0 Å². The van der Waals surface area contributed by atoms with Gasteiger partial charge in [-0.05, 0) is 31.4 Å².